The van der Waals surface area contributed by atoms with Gasteiger partial charge < -0.3 is 0 Å². The number of fused-ring (bicyclic) bond motifs is 10. The maximum atomic E-state index is 14.0. The van der Waals surface area contributed by atoms with E-state index in [-0.39, 0.29) is 4.31 Å². The number of rotatable bonds is 5. The fourth-order valence-corrected chi connectivity index (χ4v) is 95.6. The van der Waals surface area contributed by atoms with Gasteiger partial charge >= 0.3 is 160 Å². The molecule has 29 heavy (non-hydrogen) atoms. The van der Waals surface area contributed by atoms with Crippen molar-refractivity contribution in [2.75, 3.05) is 7.11 Å². The molecule has 12 rings (SSSR count). The molecule has 0 aliphatic carbocycles. The van der Waals surface area contributed by atoms with E-state index in [4.69, 9.17) is 4.74 Å². The van der Waals surface area contributed by atoms with Crippen molar-refractivity contribution >= 4 is 11.9 Å². The van der Waals surface area contributed by atoms with Gasteiger partial charge in [0.1, 0.15) is 0 Å². The van der Waals surface area contributed by atoms with E-state index in [1.807, 2.05) is 12.1 Å². The van der Waals surface area contributed by atoms with Gasteiger partial charge in [-0.1, -0.05) is 0 Å². The molecule has 10 heterocycles. The molecule has 0 N–H and O–H groups in total. The number of carbonyl (C=O) groups is 1. The van der Waals surface area contributed by atoms with Crippen molar-refractivity contribution in [1.82, 2.24) is 0 Å². The summed E-state index contributed by atoms with van der Waals surface area (Å²) in [4.78, 5) is 22.4. The first kappa shape index (κ1) is 12.8. The van der Waals surface area contributed by atoms with Crippen LogP contribution in [0.1, 0.15) is 11.1 Å². The molecule has 8 unspecified atom stereocenters. The fraction of sp³-hybridized carbons (Fsp3) is 0.423. The number of hydrogen-bond donors (Lipinski definition) is 0. The van der Waals surface area contributed by atoms with E-state index < -0.39 is 6.51 Å². The summed E-state index contributed by atoms with van der Waals surface area (Å²) in [6, 6.07) is 19.6. The van der Waals surface area contributed by atoms with Gasteiger partial charge in [-0.25, -0.2) is 0 Å². The fourth-order valence-electron chi connectivity index (χ4n) is 19.7. The monoisotopic (exact) mass is 422 g/mol. The Morgan fingerprint density at radius 2 is 1.52 bits per heavy atom. The Kier molecular flexibility index (Phi) is 0.686. The quantitative estimate of drug-likeness (QED) is 0.427. The van der Waals surface area contributed by atoms with Crippen LogP contribution >= 0.6 is 0 Å². The molecule has 10 aliphatic rings. The molecule has 2 aromatic carbocycles. The summed E-state index contributed by atoms with van der Waals surface area (Å²) < 4.78 is 6.25. The molecule has 8 atom stereocenters. The zero-order chi connectivity index (χ0) is 18.7. The number of allylic oxidation sites excluding steroid dienone is 1. The van der Waals surface area contributed by atoms with Gasteiger partial charge in [-0.2, -0.15) is 0 Å². The number of carbonyl (C=O) groups excluding carboxylic acids is 1. The predicted molar refractivity (Wildman–Crippen MR) is 108 cm³/mol. The molecule has 0 amide bonds. The van der Waals surface area contributed by atoms with Crippen LogP contribution in [-0.4, -0.2) is 12.9 Å². The number of methoxy groups -OCH3 is 1. The topological polar surface area (TPSA) is 26.3 Å². The van der Waals surface area contributed by atoms with Gasteiger partial charge in [-0.15, -0.1) is 0 Å². The van der Waals surface area contributed by atoms with Gasteiger partial charge in [-0.3, -0.25) is 0 Å². The number of ether oxygens (including phenoxy) is 1. The van der Waals surface area contributed by atoms with E-state index in [2.05, 4.69) is 54.6 Å². The van der Waals surface area contributed by atoms with Crippen LogP contribution in [0.15, 0.2) is 60.7 Å². The van der Waals surface area contributed by atoms with Gasteiger partial charge in [0.05, 0.1) is 0 Å². The maximum absolute atomic E-state index is 14.0. The standard InChI is InChI=1S/C14H11O.C12H11O.Fe/c15-14(13-8-4-5-9-13)11-10-12-6-2-1-3-7-12;1-13-12-8-6-11(7-9-12)10-4-2-3-5-10;/h1-11H;2-9H,1H3;. The number of ketones is 1. The number of hydrogen-bond acceptors (Lipinski definition) is 2. The van der Waals surface area contributed by atoms with Crippen molar-refractivity contribution in [3.05, 3.63) is 71.8 Å². The second-order valence-electron chi connectivity index (χ2n) is 13.6. The molecule has 2 nitrogen and oxygen atoms in total. The zero-order valence-corrected chi connectivity index (χ0v) is 17.2. The molecule has 0 saturated carbocycles. The Labute approximate surface area is 159 Å². The van der Waals surface area contributed by atoms with Crippen LogP contribution in [0.2, 0.25) is 42.8 Å². The normalized spacial score (nSPS) is 77.1. The Balaban J connectivity index is 1.12. The van der Waals surface area contributed by atoms with Crippen molar-refractivity contribution in [1.29, 1.82) is 0 Å². The second kappa shape index (κ2) is 1.56. The van der Waals surface area contributed by atoms with Crippen LogP contribution in [0.3, 0.4) is 0 Å². The van der Waals surface area contributed by atoms with Gasteiger partial charge in [-0.05, 0) is 0 Å². The van der Waals surface area contributed by atoms with E-state index in [9.17, 15) is 4.79 Å². The van der Waals surface area contributed by atoms with Crippen molar-refractivity contribution in [3.63, 3.8) is 0 Å². The summed E-state index contributed by atoms with van der Waals surface area (Å²) >= 11 is 0. The molecule has 146 valence electrons. The zero-order valence-electron chi connectivity index (χ0n) is 16.1. The Morgan fingerprint density at radius 1 is 0.897 bits per heavy atom. The summed E-state index contributed by atoms with van der Waals surface area (Å²) in [5.74, 6) is 1.55. The van der Waals surface area contributed by atoms with E-state index in [1.54, 1.807) is 12.7 Å². The summed E-state index contributed by atoms with van der Waals surface area (Å²) in [7, 11) is 1.76. The van der Waals surface area contributed by atoms with Gasteiger partial charge in [0.25, 0.3) is 0 Å². The summed E-state index contributed by atoms with van der Waals surface area (Å²) in [5, 5.41) is 0. The van der Waals surface area contributed by atoms with Crippen LogP contribution in [0.25, 0.3) is 6.08 Å². The Morgan fingerprint density at radius 3 is 2.07 bits per heavy atom. The first-order valence-corrected chi connectivity index (χ1v) is 17.3. The molecule has 10 fully saturated rings. The van der Waals surface area contributed by atoms with E-state index in [0.29, 0.717) is 10.1 Å². The Bertz CT molecular complexity index is 1700. The summed E-state index contributed by atoms with van der Waals surface area (Å²) in [5.41, 5.74) is 2.81. The third kappa shape index (κ3) is 0.224. The van der Waals surface area contributed by atoms with Crippen LogP contribution in [0, 0.1) is 0 Å². The SMILES string of the molecule is COc1ccc([C]23[CH]4[CH]5[CH]6[CH]2[Fe]56432789[CH]3[CH]2[CH]7[C]8(C(=O)C=Cc2ccccc2)[CH]39)cc1. The summed E-state index contributed by atoms with van der Waals surface area (Å²) in [6.45, 7) is -3.80. The van der Waals surface area contributed by atoms with E-state index in [1.165, 1.54) is 0 Å². The van der Waals surface area contributed by atoms with Gasteiger partial charge in [0, 0.05) is 0 Å². The van der Waals surface area contributed by atoms with Gasteiger partial charge in [0.15, 0.2) is 0 Å². The molecule has 0 bridgehead atoms. The Hall–Kier alpha value is -1.83. The third-order valence-corrected chi connectivity index (χ3v) is 60.7. The molecule has 3 heteroatoms. The molecule has 0 radical (unpaired) electrons. The minimum atomic E-state index is -3.80. The summed E-state index contributed by atoms with van der Waals surface area (Å²) in [6.07, 6.45) is 4.13. The molecular weight excluding hydrogens is 400 g/mol. The number of benzene rings is 2. The van der Waals surface area contributed by atoms with Crippen LogP contribution in [0.4, 0.5) is 0 Å². The first-order valence-electron chi connectivity index (χ1n) is 11.1. The van der Waals surface area contributed by atoms with Crippen LogP contribution < -0.4 is 4.74 Å². The van der Waals surface area contributed by atoms with Crippen molar-refractivity contribution in [2.24, 2.45) is 0 Å². The van der Waals surface area contributed by atoms with Gasteiger partial charge in [0.2, 0.25) is 0 Å². The van der Waals surface area contributed by atoms with Crippen LogP contribution in [-0.2, 0) is 15.6 Å². The van der Waals surface area contributed by atoms with Crippen molar-refractivity contribution < 1.29 is 16.0 Å². The van der Waals surface area contributed by atoms with Crippen molar-refractivity contribution in [2.45, 2.75) is 47.2 Å². The molecule has 10 aliphatic heterocycles. The second-order valence-corrected chi connectivity index (χ2v) is 36.8. The van der Waals surface area contributed by atoms with E-state index >= 15 is 0 Å². The van der Waals surface area contributed by atoms with Crippen molar-refractivity contribution in [3.8, 4) is 5.75 Å². The molecule has 0 aromatic heterocycles. The minimum absolute atomic E-state index is 0.236. The van der Waals surface area contributed by atoms with E-state index in [0.717, 1.165) is 49.8 Å². The van der Waals surface area contributed by atoms with Crippen LogP contribution in [0.5, 0.6) is 5.75 Å². The third-order valence-electron chi connectivity index (χ3n) is 17.9. The average molecular weight is 422 g/mol. The molecule has 2 aromatic rings. The first-order chi connectivity index (χ1) is 14.0. The molecular formula is C26H22FeO2. The molecule has 1 spiro atoms. The average Bonchev–Trinajstić information content (AvgIpc) is 3.71. The predicted octanol–water partition coefficient (Wildman–Crippen LogP) is 6.14. The molecule has 10 saturated heterocycles.